The van der Waals surface area contributed by atoms with Crippen molar-refractivity contribution in [3.05, 3.63) is 46.7 Å². The van der Waals surface area contributed by atoms with Crippen molar-refractivity contribution in [3.63, 3.8) is 0 Å². The number of pyridine rings is 1. The maximum Gasteiger partial charge on any atom is 0.228 e. The van der Waals surface area contributed by atoms with Gasteiger partial charge >= 0.3 is 0 Å². The Morgan fingerprint density at radius 1 is 1.17 bits per heavy atom. The molecule has 0 aromatic carbocycles. The Hall–Kier alpha value is -2.50. The highest BCUT2D eigenvalue weighted by Crippen LogP contribution is 2.23. The van der Waals surface area contributed by atoms with Gasteiger partial charge in [-0.2, -0.15) is 0 Å². The lowest BCUT2D eigenvalue weighted by atomic mass is 9.90. The van der Waals surface area contributed by atoms with E-state index in [2.05, 4.69) is 42.1 Å². The summed E-state index contributed by atoms with van der Waals surface area (Å²) in [5.74, 6) is 1.99. The molecular weight excluding hydrogens is 362 g/mol. The smallest absolute Gasteiger partial charge is 0.228 e. The second kappa shape index (κ2) is 8.09. The summed E-state index contributed by atoms with van der Waals surface area (Å²) in [7, 11) is 0. The highest BCUT2D eigenvalue weighted by atomic mass is 16.2. The predicted octanol–water partition coefficient (Wildman–Crippen LogP) is 3.34. The topological polar surface area (TPSA) is 71.0 Å². The van der Waals surface area contributed by atoms with E-state index in [1.807, 2.05) is 17.2 Å². The Labute approximate surface area is 173 Å². The number of aryl methyl sites for hydroxylation is 2. The molecule has 2 aromatic rings. The fraction of sp³-hybridized carbons (Fsp3) is 0.565. The molecule has 0 aliphatic carbocycles. The van der Waals surface area contributed by atoms with E-state index < -0.39 is 0 Å². The minimum atomic E-state index is 0.121. The van der Waals surface area contributed by atoms with Crippen molar-refractivity contribution in [1.29, 1.82) is 0 Å². The molecule has 0 fully saturated rings. The van der Waals surface area contributed by atoms with Crippen LogP contribution in [-0.4, -0.2) is 38.8 Å². The lowest BCUT2D eigenvalue weighted by molar-refractivity contribution is -0.131. The van der Waals surface area contributed by atoms with Crippen molar-refractivity contribution in [2.45, 2.75) is 65.8 Å². The van der Waals surface area contributed by atoms with Gasteiger partial charge in [-0.05, 0) is 36.3 Å². The quantitative estimate of drug-likeness (QED) is 0.863. The first-order valence-corrected chi connectivity index (χ1v) is 10.7. The first-order valence-electron chi connectivity index (χ1n) is 10.7. The number of carbonyl (C=O) groups is 1. The molecule has 0 saturated heterocycles. The summed E-state index contributed by atoms with van der Waals surface area (Å²) in [4.78, 5) is 28.7. The third kappa shape index (κ3) is 4.92. The van der Waals surface area contributed by atoms with Crippen molar-refractivity contribution in [2.75, 3.05) is 18.4 Å². The van der Waals surface area contributed by atoms with Crippen molar-refractivity contribution in [1.82, 2.24) is 19.9 Å². The van der Waals surface area contributed by atoms with Crippen LogP contribution in [0.1, 0.15) is 62.0 Å². The predicted molar refractivity (Wildman–Crippen MR) is 114 cm³/mol. The number of hydrogen-bond acceptors (Lipinski definition) is 5. The van der Waals surface area contributed by atoms with Crippen LogP contribution in [0.25, 0.3) is 0 Å². The SMILES string of the molecule is CC(C)(C)CCc1ncc2c(n1)CCN(C(=O)Cc1ccc3c(n1)NCCC3)C2. The number of nitrogens with one attached hydrogen (secondary N) is 1. The van der Waals surface area contributed by atoms with E-state index >= 15 is 0 Å². The molecule has 0 atom stereocenters. The van der Waals surface area contributed by atoms with Gasteiger partial charge in [-0.3, -0.25) is 4.79 Å². The highest BCUT2D eigenvalue weighted by molar-refractivity contribution is 5.78. The van der Waals surface area contributed by atoms with Crippen LogP contribution in [0.5, 0.6) is 0 Å². The molecule has 29 heavy (non-hydrogen) atoms. The van der Waals surface area contributed by atoms with Crippen LogP contribution in [0, 0.1) is 5.41 Å². The van der Waals surface area contributed by atoms with Crippen molar-refractivity contribution in [3.8, 4) is 0 Å². The number of amides is 1. The maximum absolute atomic E-state index is 12.8. The molecule has 0 bridgehead atoms. The van der Waals surface area contributed by atoms with E-state index in [1.54, 1.807) is 0 Å². The van der Waals surface area contributed by atoms with Crippen molar-refractivity contribution >= 4 is 11.7 Å². The van der Waals surface area contributed by atoms with Crippen molar-refractivity contribution < 1.29 is 4.79 Å². The second-order valence-electron chi connectivity index (χ2n) is 9.40. The van der Waals surface area contributed by atoms with Crippen LogP contribution in [0.15, 0.2) is 18.3 Å². The van der Waals surface area contributed by atoms with Gasteiger partial charge in [0, 0.05) is 44.2 Å². The van der Waals surface area contributed by atoms with Gasteiger partial charge in [-0.25, -0.2) is 15.0 Å². The summed E-state index contributed by atoms with van der Waals surface area (Å²) in [6, 6.07) is 4.10. The highest BCUT2D eigenvalue weighted by Gasteiger charge is 2.23. The average molecular weight is 394 g/mol. The van der Waals surface area contributed by atoms with E-state index in [-0.39, 0.29) is 11.3 Å². The molecule has 6 heteroatoms. The second-order valence-corrected chi connectivity index (χ2v) is 9.40. The summed E-state index contributed by atoms with van der Waals surface area (Å²) >= 11 is 0. The monoisotopic (exact) mass is 393 g/mol. The molecule has 4 rings (SSSR count). The Balaban J connectivity index is 1.38. The van der Waals surface area contributed by atoms with Gasteiger partial charge in [0.2, 0.25) is 5.91 Å². The zero-order chi connectivity index (χ0) is 20.4. The minimum Gasteiger partial charge on any atom is -0.370 e. The third-order valence-corrected chi connectivity index (χ3v) is 5.72. The number of carbonyl (C=O) groups excluding carboxylic acids is 1. The molecule has 2 aliphatic heterocycles. The Morgan fingerprint density at radius 2 is 2.03 bits per heavy atom. The lowest BCUT2D eigenvalue weighted by Gasteiger charge is -2.28. The Morgan fingerprint density at radius 3 is 2.86 bits per heavy atom. The lowest BCUT2D eigenvalue weighted by Crippen LogP contribution is -2.37. The zero-order valence-corrected chi connectivity index (χ0v) is 17.8. The number of rotatable bonds is 4. The molecule has 154 valence electrons. The number of nitrogens with zero attached hydrogens (tertiary/aromatic N) is 4. The van der Waals surface area contributed by atoms with E-state index in [0.29, 0.717) is 19.5 Å². The third-order valence-electron chi connectivity index (χ3n) is 5.72. The van der Waals surface area contributed by atoms with Gasteiger partial charge in [0.15, 0.2) is 0 Å². The van der Waals surface area contributed by atoms with Gasteiger partial charge in [-0.1, -0.05) is 26.8 Å². The first-order chi connectivity index (χ1) is 13.9. The number of anilines is 1. The Kier molecular flexibility index (Phi) is 5.52. The van der Waals surface area contributed by atoms with Crippen LogP contribution in [0.4, 0.5) is 5.82 Å². The van der Waals surface area contributed by atoms with E-state index in [9.17, 15) is 4.79 Å². The molecule has 0 unspecified atom stereocenters. The van der Waals surface area contributed by atoms with Gasteiger partial charge < -0.3 is 10.2 Å². The van der Waals surface area contributed by atoms with Crippen molar-refractivity contribution in [2.24, 2.45) is 5.41 Å². The summed E-state index contributed by atoms with van der Waals surface area (Å²) in [5, 5.41) is 3.34. The molecule has 0 spiro atoms. The summed E-state index contributed by atoms with van der Waals surface area (Å²) in [5.41, 5.74) is 4.54. The van der Waals surface area contributed by atoms with Gasteiger partial charge in [-0.15, -0.1) is 0 Å². The number of fused-ring (bicyclic) bond motifs is 2. The van der Waals surface area contributed by atoms with Gasteiger partial charge in [0.05, 0.1) is 17.8 Å². The molecule has 2 aromatic heterocycles. The number of aromatic nitrogens is 3. The molecule has 6 nitrogen and oxygen atoms in total. The average Bonchev–Trinajstić information content (AvgIpc) is 2.71. The Bertz CT molecular complexity index is 903. The standard InChI is InChI=1S/C23H31N5O/c1-23(2,3)10-8-20-25-14-17-15-28(12-9-19(17)27-20)21(29)13-18-7-6-16-5-4-11-24-22(16)26-18/h6-7,14H,4-5,8-13,15H2,1-3H3,(H,24,26). The van der Waals surface area contributed by atoms with Gasteiger partial charge in [0.1, 0.15) is 11.6 Å². The summed E-state index contributed by atoms with van der Waals surface area (Å²) < 4.78 is 0. The molecule has 4 heterocycles. The van der Waals surface area contributed by atoms with Crippen LogP contribution < -0.4 is 5.32 Å². The molecule has 1 N–H and O–H groups in total. The number of hydrogen-bond donors (Lipinski definition) is 1. The van der Waals surface area contributed by atoms with E-state index in [4.69, 9.17) is 4.98 Å². The zero-order valence-electron chi connectivity index (χ0n) is 17.8. The fourth-order valence-electron chi connectivity index (χ4n) is 3.91. The van der Waals surface area contributed by atoms with Crippen LogP contribution in [0.2, 0.25) is 0 Å². The van der Waals surface area contributed by atoms with E-state index in [0.717, 1.165) is 67.2 Å². The summed E-state index contributed by atoms with van der Waals surface area (Å²) in [6.45, 7) is 8.98. The maximum atomic E-state index is 12.8. The molecule has 2 aliphatic rings. The molecule has 1 amide bonds. The molecule has 0 saturated carbocycles. The van der Waals surface area contributed by atoms with Gasteiger partial charge in [0.25, 0.3) is 0 Å². The van der Waals surface area contributed by atoms with Crippen LogP contribution >= 0.6 is 0 Å². The summed E-state index contributed by atoms with van der Waals surface area (Å²) in [6.07, 6.45) is 7.22. The van der Waals surface area contributed by atoms with E-state index in [1.165, 1.54) is 5.56 Å². The minimum absolute atomic E-state index is 0.121. The van der Waals surface area contributed by atoms with Crippen LogP contribution in [0.3, 0.4) is 0 Å². The normalized spacial score (nSPS) is 16.0. The fourth-order valence-corrected chi connectivity index (χ4v) is 3.91. The van der Waals surface area contributed by atoms with Crippen LogP contribution in [-0.2, 0) is 37.0 Å². The molecule has 0 radical (unpaired) electrons. The largest absolute Gasteiger partial charge is 0.370 e. The molecular formula is C23H31N5O. The first kappa shape index (κ1) is 19.8.